The lowest BCUT2D eigenvalue weighted by Crippen LogP contribution is -1.99. The van der Waals surface area contributed by atoms with Crippen LogP contribution in [-0.2, 0) is 0 Å². The van der Waals surface area contributed by atoms with E-state index in [1.54, 1.807) is 12.1 Å². The first-order valence-corrected chi connectivity index (χ1v) is 5.24. The number of carboxylic acids is 1. The van der Waals surface area contributed by atoms with Gasteiger partial charge in [-0.15, -0.1) is 0 Å². The molecular weight excluding hydrogens is 281 g/mol. The van der Waals surface area contributed by atoms with E-state index in [1.807, 2.05) is 6.07 Å². The summed E-state index contributed by atoms with van der Waals surface area (Å²) in [4.78, 5) is 14.7. The van der Waals surface area contributed by atoms with E-state index in [1.165, 1.54) is 6.07 Å². The summed E-state index contributed by atoms with van der Waals surface area (Å²) in [6.45, 7) is 0. The SMILES string of the molecule is O=C(O)c1ccc2cc(Br)cc(Cl)c2n1. The predicted octanol–water partition coefficient (Wildman–Crippen LogP) is 3.35. The lowest BCUT2D eigenvalue weighted by Gasteiger charge is -2.02. The number of hydrogen-bond acceptors (Lipinski definition) is 2. The minimum atomic E-state index is -1.06. The van der Waals surface area contributed by atoms with Crippen LogP contribution < -0.4 is 0 Å². The first-order chi connectivity index (χ1) is 7.08. The number of benzene rings is 1. The number of pyridine rings is 1. The largest absolute Gasteiger partial charge is 0.477 e. The van der Waals surface area contributed by atoms with Gasteiger partial charge in [0, 0.05) is 9.86 Å². The molecule has 0 saturated heterocycles. The summed E-state index contributed by atoms with van der Waals surface area (Å²) in [5, 5.41) is 10.0. The third-order valence-corrected chi connectivity index (χ3v) is 2.68. The van der Waals surface area contributed by atoms with Gasteiger partial charge in [-0.2, -0.15) is 0 Å². The molecule has 0 amide bonds. The Morgan fingerprint density at radius 1 is 1.40 bits per heavy atom. The normalized spacial score (nSPS) is 10.5. The molecule has 0 atom stereocenters. The molecule has 1 aromatic carbocycles. The molecule has 0 fully saturated rings. The molecule has 0 aliphatic rings. The molecule has 0 radical (unpaired) electrons. The highest BCUT2D eigenvalue weighted by Gasteiger charge is 2.08. The van der Waals surface area contributed by atoms with E-state index in [0.29, 0.717) is 10.5 Å². The second-order valence-corrected chi connectivity index (χ2v) is 4.28. The zero-order valence-corrected chi connectivity index (χ0v) is 9.71. The average molecular weight is 287 g/mol. The molecule has 0 bridgehead atoms. The number of halogens is 2. The molecule has 1 aromatic heterocycles. The maximum atomic E-state index is 10.7. The van der Waals surface area contributed by atoms with Crippen LogP contribution in [0.15, 0.2) is 28.7 Å². The number of nitrogens with zero attached hydrogens (tertiary/aromatic N) is 1. The van der Waals surface area contributed by atoms with Gasteiger partial charge in [0.05, 0.1) is 10.5 Å². The van der Waals surface area contributed by atoms with Gasteiger partial charge in [-0.3, -0.25) is 0 Å². The highest BCUT2D eigenvalue weighted by atomic mass is 79.9. The van der Waals surface area contributed by atoms with Crippen LogP contribution in [0, 0.1) is 0 Å². The second kappa shape index (κ2) is 3.79. The van der Waals surface area contributed by atoms with E-state index in [4.69, 9.17) is 16.7 Å². The number of hydrogen-bond donors (Lipinski definition) is 1. The third kappa shape index (κ3) is 1.96. The van der Waals surface area contributed by atoms with Crippen molar-refractivity contribution in [1.29, 1.82) is 0 Å². The molecule has 1 heterocycles. The van der Waals surface area contributed by atoms with Crippen molar-refractivity contribution in [2.75, 3.05) is 0 Å². The fourth-order valence-corrected chi connectivity index (χ4v) is 2.15. The molecule has 1 N–H and O–H groups in total. The van der Waals surface area contributed by atoms with E-state index in [0.717, 1.165) is 9.86 Å². The van der Waals surface area contributed by atoms with Crippen LogP contribution in [-0.4, -0.2) is 16.1 Å². The van der Waals surface area contributed by atoms with Crippen molar-refractivity contribution in [3.05, 3.63) is 39.5 Å². The van der Waals surface area contributed by atoms with Gasteiger partial charge >= 0.3 is 5.97 Å². The molecule has 0 aliphatic carbocycles. The third-order valence-electron chi connectivity index (χ3n) is 1.93. The Bertz CT molecular complexity index is 556. The molecule has 0 unspecified atom stereocenters. The number of aromatic carboxylic acids is 1. The molecule has 0 aliphatic heterocycles. The highest BCUT2D eigenvalue weighted by Crippen LogP contribution is 2.26. The fraction of sp³-hybridized carbons (Fsp3) is 0. The van der Waals surface area contributed by atoms with Crippen molar-refractivity contribution < 1.29 is 9.90 Å². The summed E-state index contributed by atoms with van der Waals surface area (Å²) in [5.41, 5.74) is 0.492. The molecule has 2 aromatic rings. The molecule has 15 heavy (non-hydrogen) atoms. The van der Waals surface area contributed by atoms with E-state index >= 15 is 0 Å². The quantitative estimate of drug-likeness (QED) is 0.874. The Morgan fingerprint density at radius 3 is 2.80 bits per heavy atom. The van der Waals surface area contributed by atoms with E-state index in [9.17, 15) is 4.79 Å². The van der Waals surface area contributed by atoms with Gasteiger partial charge in [0.2, 0.25) is 0 Å². The minimum absolute atomic E-state index is 0.00766. The fourth-order valence-electron chi connectivity index (χ4n) is 1.28. The van der Waals surface area contributed by atoms with Crippen molar-refractivity contribution in [1.82, 2.24) is 4.98 Å². The van der Waals surface area contributed by atoms with Crippen LogP contribution in [0.4, 0.5) is 0 Å². The first kappa shape index (κ1) is 10.4. The van der Waals surface area contributed by atoms with Gasteiger partial charge in [0.25, 0.3) is 0 Å². The average Bonchev–Trinajstić information content (AvgIpc) is 2.16. The van der Waals surface area contributed by atoms with E-state index in [2.05, 4.69) is 20.9 Å². The molecule has 5 heteroatoms. The molecule has 3 nitrogen and oxygen atoms in total. The molecule has 2 rings (SSSR count). The number of fused-ring (bicyclic) bond motifs is 1. The summed E-state index contributed by atoms with van der Waals surface area (Å²) >= 11 is 9.26. The Kier molecular flexibility index (Phi) is 2.63. The van der Waals surface area contributed by atoms with Crippen molar-refractivity contribution in [3.63, 3.8) is 0 Å². The van der Waals surface area contributed by atoms with Gasteiger partial charge in [-0.05, 0) is 18.2 Å². The standard InChI is InChI=1S/C10H5BrClNO2/c11-6-3-5-1-2-8(10(14)15)13-9(5)7(12)4-6/h1-4H,(H,14,15). The maximum Gasteiger partial charge on any atom is 0.354 e. The van der Waals surface area contributed by atoms with Crippen molar-refractivity contribution in [3.8, 4) is 0 Å². The summed E-state index contributed by atoms with van der Waals surface area (Å²) in [7, 11) is 0. The lowest BCUT2D eigenvalue weighted by atomic mass is 10.2. The van der Waals surface area contributed by atoms with Crippen LogP contribution in [0.2, 0.25) is 5.02 Å². The van der Waals surface area contributed by atoms with Crippen LogP contribution in [0.5, 0.6) is 0 Å². The zero-order valence-electron chi connectivity index (χ0n) is 7.37. The number of aromatic nitrogens is 1. The number of carbonyl (C=O) groups is 1. The van der Waals surface area contributed by atoms with Crippen LogP contribution in [0.3, 0.4) is 0 Å². The maximum absolute atomic E-state index is 10.7. The van der Waals surface area contributed by atoms with Crippen molar-refractivity contribution in [2.24, 2.45) is 0 Å². The van der Waals surface area contributed by atoms with Crippen molar-refractivity contribution >= 4 is 44.4 Å². The first-order valence-electron chi connectivity index (χ1n) is 4.07. The predicted molar refractivity (Wildman–Crippen MR) is 61.4 cm³/mol. The topological polar surface area (TPSA) is 50.2 Å². The number of rotatable bonds is 1. The van der Waals surface area contributed by atoms with Crippen LogP contribution >= 0.6 is 27.5 Å². The van der Waals surface area contributed by atoms with Gasteiger partial charge in [-0.1, -0.05) is 33.6 Å². The molecule has 0 spiro atoms. The monoisotopic (exact) mass is 285 g/mol. The van der Waals surface area contributed by atoms with Gasteiger partial charge in [0.1, 0.15) is 5.69 Å². The van der Waals surface area contributed by atoms with Crippen LogP contribution in [0.1, 0.15) is 10.5 Å². The van der Waals surface area contributed by atoms with Gasteiger partial charge < -0.3 is 5.11 Å². The Morgan fingerprint density at radius 2 is 2.13 bits per heavy atom. The number of carboxylic acid groups (broad SMARTS) is 1. The molecule has 0 saturated carbocycles. The Labute approximate surface area is 98.8 Å². The van der Waals surface area contributed by atoms with Gasteiger partial charge in [0.15, 0.2) is 0 Å². The zero-order chi connectivity index (χ0) is 11.0. The van der Waals surface area contributed by atoms with Crippen LogP contribution in [0.25, 0.3) is 10.9 Å². The van der Waals surface area contributed by atoms with E-state index in [-0.39, 0.29) is 5.69 Å². The summed E-state index contributed by atoms with van der Waals surface area (Å²) in [5.74, 6) is -1.06. The van der Waals surface area contributed by atoms with Crippen molar-refractivity contribution in [2.45, 2.75) is 0 Å². The Hall–Kier alpha value is -1.13. The summed E-state index contributed by atoms with van der Waals surface area (Å²) in [6, 6.07) is 6.65. The summed E-state index contributed by atoms with van der Waals surface area (Å²) < 4.78 is 0.838. The smallest absolute Gasteiger partial charge is 0.354 e. The highest BCUT2D eigenvalue weighted by molar-refractivity contribution is 9.10. The summed E-state index contributed by atoms with van der Waals surface area (Å²) in [6.07, 6.45) is 0. The molecular formula is C10H5BrClNO2. The van der Waals surface area contributed by atoms with E-state index < -0.39 is 5.97 Å². The second-order valence-electron chi connectivity index (χ2n) is 2.96. The van der Waals surface area contributed by atoms with Gasteiger partial charge in [-0.25, -0.2) is 9.78 Å². The minimum Gasteiger partial charge on any atom is -0.477 e. The lowest BCUT2D eigenvalue weighted by molar-refractivity contribution is 0.0691. The molecule has 76 valence electrons. The Balaban J connectivity index is 2.76.